The van der Waals surface area contributed by atoms with Crippen molar-refractivity contribution in [2.24, 2.45) is 0 Å². The molecule has 1 aromatic rings. The average molecular weight is 317 g/mol. The average Bonchev–Trinajstić information content (AvgIpc) is 2.72. The molecule has 0 unspecified atom stereocenters. The van der Waals surface area contributed by atoms with Gasteiger partial charge in [-0.2, -0.15) is 0 Å². The van der Waals surface area contributed by atoms with E-state index >= 15 is 0 Å². The summed E-state index contributed by atoms with van der Waals surface area (Å²) in [6.07, 6.45) is 2.01. The lowest BCUT2D eigenvalue weighted by Gasteiger charge is -2.40. The van der Waals surface area contributed by atoms with Crippen molar-refractivity contribution in [2.75, 3.05) is 38.1 Å². The number of rotatable bonds is 3. The lowest BCUT2D eigenvalue weighted by Crippen LogP contribution is -2.48. The number of carbonyl (C=O) groups excluding carboxylic acids is 2. The van der Waals surface area contributed by atoms with Crippen LogP contribution >= 0.6 is 0 Å². The van der Waals surface area contributed by atoms with Crippen molar-refractivity contribution in [3.05, 3.63) is 30.3 Å². The maximum absolute atomic E-state index is 12.1. The van der Waals surface area contributed by atoms with Crippen molar-refractivity contribution < 1.29 is 14.3 Å². The molecule has 3 rings (SSSR count). The molecule has 2 saturated heterocycles. The summed E-state index contributed by atoms with van der Waals surface area (Å²) >= 11 is 0. The summed E-state index contributed by atoms with van der Waals surface area (Å²) in [5, 5.41) is 5.75. The summed E-state index contributed by atoms with van der Waals surface area (Å²) in [5.74, 6) is 0.0597. The van der Waals surface area contributed by atoms with E-state index in [4.69, 9.17) is 4.74 Å². The summed E-state index contributed by atoms with van der Waals surface area (Å²) in [7, 11) is 0. The lowest BCUT2D eigenvalue weighted by atomic mass is 9.87. The van der Waals surface area contributed by atoms with E-state index in [9.17, 15) is 9.59 Å². The van der Waals surface area contributed by atoms with Crippen LogP contribution in [-0.2, 0) is 14.3 Å². The molecule has 2 aliphatic heterocycles. The van der Waals surface area contributed by atoms with E-state index in [1.807, 2.05) is 30.3 Å². The first kappa shape index (κ1) is 16.0. The Morgan fingerprint density at radius 3 is 2.74 bits per heavy atom. The van der Waals surface area contributed by atoms with Crippen molar-refractivity contribution in [1.29, 1.82) is 0 Å². The molecule has 2 fully saturated rings. The van der Waals surface area contributed by atoms with E-state index in [-0.39, 0.29) is 17.4 Å². The predicted molar refractivity (Wildman–Crippen MR) is 87.1 cm³/mol. The molecule has 1 spiro atoms. The van der Waals surface area contributed by atoms with E-state index in [0.717, 1.165) is 31.6 Å². The Bertz CT molecular complexity index is 553. The van der Waals surface area contributed by atoms with Gasteiger partial charge in [-0.1, -0.05) is 18.2 Å². The van der Waals surface area contributed by atoms with Gasteiger partial charge in [-0.15, -0.1) is 0 Å². The number of hydrogen-bond donors (Lipinski definition) is 2. The minimum Gasteiger partial charge on any atom is -0.373 e. The van der Waals surface area contributed by atoms with Crippen molar-refractivity contribution in [3.63, 3.8) is 0 Å². The Kier molecular flexibility index (Phi) is 4.93. The Balaban J connectivity index is 1.49. The molecule has 0 atom stereocenters. The number of nitrogens with one attached hydrogen (secondary N) is 2. The van der Waals surface area contributed by atoms with Crippen molar-refractivity contribution in [2.45, 2.75) is 24.9 Å². The zero-order valence-corrected chi connectivity index (χ0v) is 13.2. The van der Waals surface area contributed by atoms with Crippen LogP contribution in [0.5, 0.6) is 0 Å². The Morgan fingerprint density at radius 2 is 2.00 bits per heavy atom. The Hall–Kier alpha value is -1.92. The third-order valence-electron chi connectivity index (χ3n) is 4.51. The van der Waals surface area contributed by atoms with E-state index in [1.165, 1.54) is 0 Å². The van der Waals surface area contributed by atoms with Crippen LogP contribution in [-0.4, -0.2) is 55.1 Å². The van der Waals surface area contributed by atoms with Gasteiger partial charge >= 0.3 is 0 Å². The Morgan fingerprint density at radius 1 is 1.26 bits per heavy atom. The highest BCUT2D eigenvalue weighted by atomic mass is 16.5. The number of anilines is 1. The van der Waals surface area contributed by atoms with Gasteiger partial charge in [0.2, 0.25) is 11.8 Å². The van der Waals surface area contributed by atoms with E-state index < -0.39 is 0 Å². The number of ether oxygens (including phenoxy) is 1. The minimum absolute atomic E-state index is 0.00771. The fraction of sp³-hybridized carbons (Fsp3) is 0.529. The van der Waals surface area contributed by atoms with Crippen LogP contribution in [0.4, 0.5) is 5.69 Å². The van der Waals surface area contributed by atoms with Gasteiger partial charge in [0.15, 0.2) is 0 Å². The molecule has 1 aromatic carbocycles. The molecule has 0 saturated carbocycles. The van der Waals surface area contributed by atoms with Crippen LogP contribution in [0.3, 0.4) is 0 Å². The zero-order chi connectivity index (χ0) is 16.1. The van der Waals surface area contributed by atoms with Gasteiger partial charge in [-0.3, -0.25) is 14.5 Å². The van der Waals surface area contributed by atoms with Crippen molar-refractivity contribution in [3.8, 4) is 0 Å². The van der Waals surface area contributed by atoms with Crippen molar-refractivity contribution in [1.82, 2.24) is 10.2 Å². The van der Waals surface area contributed by atoms with Crippen LogP contribution < -0.4 is 10.6 Å². The standard InChI is InChI=1S/C17H23N3O3/c21-15-12-17(23-11-8-18-15)6-9-20(10-7-17)13-16(22)19-14-4-2-1-3-5-14/h1-5H,6-13H2,(H,18,21)(H,19,22). The van der Waals surface area contributed by atoms with Crippen LogP contribution in [0, 0.1) is 0 Å². The smallest absolute Gasteiger partial charge is 0.238 e. The van der Waals surface area contributed by atoms with Gasteiger partial charge in [0.1, 0.15) is 0 Å². The maximum Gasteiger partial charge on any atom is 0.238 e. The maximum atomic E-state index is 12.1. The number of piperidine rings is 1. The van der Waals surface area contributed by atoms with Gasteiger partial charge in [0.05, 0.1) is 25.2 Å². The molecule has 0 bridgehead atoms. The van der Waals surface area contributed by atoms with Crippen LogP contribution in [0.15, 0.2) is 30.3 Å². The molecule has 2 aliphatic rings. The van der Waals surface area contributed by atoms with Gasteiger partial charge in [-0.25, -0.2) is 0 Å². The third kappa shape index (κ3) is 4.30. The van der Waals surface area contributed by atoms with Crippen molar-refractivity contribution >= 4 is 17.5 Å². The van der Waals surface area contributed by atoms with Crippen LogP contribution in [0.25, 0.3) is 0 Å². The molecule has 0 aromatic heterocycles. The predicted octanol–water partition coefficient (Wildman–Crippen LogP) is 0.996. The van der Waals surface area contributed by atoms with Gasteiger partial charge in [0.25, 0.3) is 0 Å². The van der Waals surface area contributed by atoms with Gasteiger partial charge in [-0.05, 0) is 25.0 Å². The minimum atomic E-state index is -0.340. The zero-order valence-electron chi connectivity index (χ0n) is 13.2. The fourth-order valence-electron chi connectivity index (χ4n) is 3.23. The number of nitrogens with zero attached hydrogens (tertiary/aromatic N) is 1. The molecule has 2 N–H and O–H groups in total. The second kappa shape index (κ2) is 7.10. The third-order valence-corrected chi connectivity index (χ3v) is 4.51. The molecular weight excluding hydrogens is 294 g/mol. The monoisotopic (exact) mass is 317 g/mol. The largest absolute Gasteiger partial charge is 0.373 e. The number of amides is 2. The molecule has 0 aliphatic carbocycles. The second-order valence-corrected chi connectivity index (χ2v) is 6.25. The first-order valence-electron chi connectivity index (χ1n) is 8.13. The summed E-state index contributed by atoms with van der Waals surface area (Å²) in [6, 6.07) is 9.47. The highest BCUT2D eigenvalue weighted by molar-refractivity contribution is 5.92. The number of carbonyl (C=O) groups is 2. The Labute approximate surface area is 136 Å². The lowest BCUT2D eigenvalue weighted by molar-refractivity contribution is -0.130. The summed E-state index contributed by atoms with van der Waals surface area (Å²) in [4.78, 5) is 26.0. The molecule has 6 heteroatoms. The first-order chi connectivity index (χ1) is 11.2. The van der Waals surface area contributed by atoms with Gasteiger partial charge in [0, 0.05) is 25.3 Å². The number of likely N-dealkylation sites (tertiary alicyclic amines) is 1. The summed E-state index contributed by atoms with van der Waals surface area (Å²) in [6.45, 7) is 3.08. The molecule has 23 heavy (non-hydrogen) atoms. The van der Waals surface area contributed by atoms with E-state index in [2.05, 4.69) is 15.5 Å². The molecule has 2 amide bonds. The summed E-state index contributed by atoms with van der Waals surface area (Å²) < 4.78 is 5.94. The highest BCUT2D eigenvalue weighted by Gasteiger charge is 2.39. The molecular formula is C17H23N3O3. The highest BCUT2D eigenvalue weighted by Crippen LogP contribution is 2.30. The van der Waals surface area contributed by atoms with E-state index in [1.54, 1.807) is 0 Å². The van der Waals surface area contributed by atoms with Crippen LogP contribution in [0.2, 0.25) is 0 Å². The molecule has 2 heterocycles. The molecule has 6 nitrogen and oxygen atoms in total. The topological polar surface area (TPSA) is 70.7 Å². The molecule has 124 valence electrons. The SMILES string of the molecule is O=C1CC2(CCN(CC(=O)Nc3ccccc3)CC2)OCCN1. The van der Waals surface area contributed by atoms with Gasteiger partial charge < -0.3 is 15.4 Å². The first-order valence-corrected chi connectivity index (χ1v) is 8.13. The normalized spacial score (nSPS) is 21.5. The number of hydrogen-bond acceptors (Lipinski definition) is 4. The summed E-state index contributed by atoms with van der Waals surface area (Å²) in [5.41, 5.74) is 0.474. The number of para-hydroxylation sites is 1. The second-order valence-electron chi connectivity index (χ2n) is 6.25. The number of benzene rings is 1. The quantitative estimate of drug-likeness (QED) is 0.872. The molecule has 0 radical (unpaired) electrons. The fourth-order valence-corrected chi connectivity index (χ4v) is 3.23. The van der Waals surface area contributed by atoms with Crippen LogP contribution in [0.1, 0.15) is 19.3 Å². The van der Waals surface area contributed by atoms with E-state index in [0.29, 0.717) is 26.1 Å².